The average Bonchev–Trinajstić information content (AvgIpc) is 2.03. The van der Waals surface area contributed by atoms with Gasteiger partial charge in [-0.3, -0.25) is 0 Å². The van der Waals surface area contributed by atoms with Gasteiger partial charge in [0.2, 0.25) is 11.8 Å². The Hall–Kier alpha value is -0.880. The molecule has 0 atom stereocenters. The van der Waals surface area contributed by atoms with E-state index in [1.165, 1.54) is 0 Å². The first-order valence-corrected chi connectivity index (χ1v) is 4.70. The minimum Gasteiger partial charge on any atom is -0.471 e. The number of nitrogen functional groups attached to an aromatic ring is 1. The Kier molecular flexibility index (Phi) is 2.32. The molecular formula is C7H9BrN4O. The van der Waals surface area contributed by atoms with Gasteiger partial charge in [0.1, 0.15) is 6.10 Å². The second-order valence-corrected chi connectivity index (χ2v) is 3.63. The molecule has 1 aliphatic rings. The number of nitrogens with two attached hydrogens (primary N) is 1. The zero-order valence-electron chi connectivity index (χ0n) is 6.83. The number of rotatable bonds is 2. The van der Waals surface area contributed by atoms with Crippen LogP contribution in [0.3, 0.4) is 0 Å². The molecule has 0 spiro atoms. The van der Waals surface area contributed by atoms with Gasteiger partial charge >= 0.3 is 0 Å². The first-order valence-electron chi connectivity index (χ1n) is 3.91. The zero-order chi connectivity index (χ0) is 9.26. The molecule has 1 fully saturated rings. The molecule has 1 aromatic heterocycles. The summed E-state index contributed by atoms with van der Waals surface area (Å²) >= 11 is 3.29. The molecule has 1 aromatic rings. The lowest BCUT2D eigenvalue weighted by Gasteiger charge is -2.27. The normalized spacial score (nSPS) is 16.7. The molecule has 0 aromatic carbocycles. The van der Waals surface area contributed by atoms with E-state index in [-0.39, 0.29) is 12.1 Å². The van der Waals surface area contributed by atoms with Crippen molar-refractivity contribution in [1.82, 2.24) is 15.3 Å². The number of halogens is 1. The molecule has 0 bridgehead atoms. The van der Waals surface area contributed by atoms with Crippen LogP contribution in [0.15, 0.2) is 10.7 Å². The van der Waals surface area contributed by atoms with E-state index in [0.29, 0.717) is 5.88 Å². The molecule has 2 heterocycles. The van der Waals surface area contributed by atoms with Crippen LogP contribution in [0.1, 0.15) is 0 Å². The molecule has 13 heavy (non-hydrogen) atoms. The third-order valence-electron chi connectivity index (χ3n) is 1.75. The minimum atomic E-state index is 0.200. The van der Waals surface area contributed by atoms with Crippen LogP contribution in [0.4, 0.5) is 5.95 Å². The second kappa shape index (κ2) is 3.47. The Labute approximate surface area is 83.8 Å². The summed E-state index contributed by atoms with van der Waals surface area (Å²) in [7, 11) is 0. The maximum atomic E-state index is 5.52. The largest absolute Gasteiger partial charge is 0.471 e. The van der Waals surface area contributed by atoms with Crippen LogP contribution in [0.25, 0.3) is 0 Å². The molecule has 6 heteroatoms. The Morgan fingerprint density at radius 2 is 2.38 bits per heavy atom. The molecule has 1 aliphatic heterocycles. The first kappa shape index (κ1) is 8.71. The third-order valence-corrected chi connectivity index (χ3v) is 2.30. The molecular weight excluding hydrogens is 236 g/mol. The molecule has 0 unspecified atom stereocenters. The molecule has 0 saturated carbocycles. The van der Waals surface area contributed by atoms with Gasteiger partial charge in [0, 0.05) is 13.1 Å². The van der Waals surface area contributed by atoms with Crippen LogP contribution in [-0.4, -0.2) is 29.2 Å². The van der Waals surface area contributed by atoms with Gasteiger partial charge in [0.25, 0.3) is 0 Å². The highest BCUT2D eigenvalue weighted by Gasteiger charge is 2.20. The summed E-state index contributed by atoms with van der Waals surface area (Å²) in [6.45, 7) is 1.71. The van der Waals surface area contributed by atoms with Crippen molar-refractivity contribution in [3.05, 3.63) is 10.7 Å². The summed E-state index contributed by atoms with van der Waals surface area (Å²) in [6.07, 6.45) is 1.79. The number of hydrogen-bond acceptors (Lipinski definition) is 5. The van der Waals surface area contributed by atoms with Crippen molar-refractivity contribution in [3.63, 3.8) is 0 Å². The van der Waals surface area contributed by atoms with Gasteiger partial charge in [-0.05, 0) is 15.9 Å². The van der Waals surface area contributed by atoms with Gasteiger partial charge in [-0.25, -0.2) is 4.98 Å². The molecule has 0 aliphatic carbocycles. The van der Waals surface area contributed by atoms with E-state index in [9.17, 15) is 0 Å². The van der Waals surface area contributed by atoms with Crippen LogP contribution in [0, 0.1) is 0 Å². The van der Waals surface area contributed by atoms with E-state index < -0.39 is 0 Å². The molecule has 3 N–H and O–H groups in total. The molecule has 0 amide bonds. The Balaban J connectivity index is 2.13. The van der Waals surface area contributed by atoms with Gasteiger partial charge < -0.3 is 15.8 Å². The highest BCUT2D eigenvalue weighted by Crippen LogP contribution is 2.23. The standard InChI is InChI=1S/C7H9BrN4O/c8-5-3-11-7(9)12-6(5)13-4-1-10-2-4/h3-4,10H,1-2H2,(H2,9,11,12). The summed E-state index contributed by atoms with van der Waals surface area (Å²) in [4.78, 5) is 7.78. The first-order chi connectivity index (χ1) is 6.25. The van der Waals surface area contributed by atoms with Gasteiger partial charge in [-0.1, -0.05) is 0 Å². The minimum absolute atomic E-state index is 0.200. The van der Waals surface area contributed by atoms with Crippen LogP contribution < -0.4 is 15.8 Å². The molecule has 70 valence electrons. The van der Waals surface area contributed by atoms with Crippen LogP contribution in [0.5, 0.6) is 5.88 Å². The fraction of sp³-hybridized carbons (Fsp3) is 0.429. The van der Waals surface area contributed by atoms with E-state index in [1.54, 1.807) is 6.20 Å². The fourth-order valence-corrected chi connectivity index (χ4v) is 1.23. The van der Waals surface area contributed by atoms with Gasteiger partial charge in [-0.15, -0.1) is 0 Å². The maximum Gasteiger partial charge on any atom is 0.233 e. The van der Waals surface area contributed by atoms with Gasteiger partial charge in [-0.2, -0.15) is 4.98 Å². The highest BCUT2D eigenvalue weighted by atomic mass is 79.9. The SMILES string of the molecule is Nc1ncc(Br)c(OC2CNC2)n1. The van der Waals surface area contributed by atoms with E-state index in [0.717, 1.165) is 17.6 Å². The summed E-state index contributed by atoms with van der Waals surface area (Å²) < 4.78 is 6.25. The Morgan fingerprint density at radius 3 is 3.00 bits per heavy atom. The third kappa shape index (κ3) is 1.89. The van der Waals surface area contributed by atoms with Crippen molar-refractivity contribution < 1.29 is 4.74 Å². The lowest BCUT2D eigenvalue weighted by atomic mass is 10.2. The number of hydrogen-bond donors (Lipinski definition) is 2. The van der Waals surface area contributed by atoms with E-state index >= 15 is 0 Å². The van der Waals surface area contributed by atoms with Gasteiger partial charge in [0.05, 0.1) is 10.7 Å². The smallest absolute Gasteiger partial charge is 0.233 e. The highest BCUT2D eigenvalue weighted by molar-refractivity contribution is 9.10. The lowest BCUT2D eigenvalue weighted by molar-refractivity contribution is 0.135. The number of nitrogens with zero attached hydrogens (tertiary/aromatic N) is 2. The van der Waals surface area contributed by atoms with E-state index in [1.807, 2.05) is 0 Å². The number of anilines is 1. The van der Waals surface area contributed by atoms with Crippen LogP contribution >= 0.6 is 15.9 Å². The van der Waals surface area contributed by atoms with Crippen molar-refractivity contribution in [2.75, 3.05) is 18.8 Å². The quantitative estimate of drug-likeness (QED) is 0.777. The van der Waals surface area contributed by atoms with Crippen molar-refractivity contribution >= 4 is 21.9 Å². The molecule has 0 radical (unpaired) electrons. The topological polar surface area (TPSA) is 73.1 Å². The van der Waals surface area contributed by atoms with Crippen molar-refractivity contribution in [1.29, 1.82) is 0 Å². The fourth-order valence-electron chi connectivity index (χ4n) is 0.950. The van der Waals surface area contributed by atoms with E-state index in [2.05, 4.69) is 31.2 Å². The number of nitrogens with one attached hydrogen (secondary N) is 1. The predicted octanol–water partition coefficient (Wildman–Crippen LogP) is 0.172. The van der Waals surface area contributed by atoms with Gasteiger partial charge in [0.15, 0.2) is 0 Å². The molecule has 1 saturated heterocycles. The zero-order valence-corrected chi connectivity index (χ0v) is 8.41. The molecule has 2 rings (SSSR count). The van der Waals surface area contributed by atoms with Crippen molar-refractivity contribution in [3.8, 4) is 5.88 Å². The maximum absolute atomic E-state index is 5.52. The summed E-state index contributed by atoms with van der Waals surface area (Å²) in [5.74, 6) is 0.740. The summed E-state index contributed by atoms with van der Waals surface area (Å²) in [5.41, 5.74) is 5.42. The van der Waals surface area contributed by atoms with Crippen LogP contribution in [0.2, 0.25) is 0 Å². The molecule has 5 nitrogen and oxygen atoms in total. The summed E-state index contributed by atoms with van der Waals surface area (Å²) in [6, 6.07) is 0. The monoisotopic (exact) mass is 244 g/mol. The second-order valence-electron chi connectivity index (χ2n) is 2.78. The number of aromatic nitrogens is 2. The summed E-state index contributed by atoms with van der Waals surface area (Å²) in [5, 5.41) is 3.10. The predicted molar refractivity (Wildman–Crippen MR) is 51.4 cm³/mol. The Bertz CT molecular complexity index is 315. The van der Waals surface area contributed by atoms with Crippen LogP contribution in [-0.2, 0) is 0 Å². The lowest BCUT2D eigenvalue weighted by Crippen LogP contribution is -2.50. The van der Waals surface area contributed by atoms with Crippen molar-refractivity contribution in [2.45, 2.75) is 6.10 Å². The van der Waals surface area contributed by atoms with E-state index in [4.69, 9.17) is 10.5 Å². The Morgan fingerprint density at radius 1 is 1.62 bits per heavy atom. The number of ether oxygens (including phenoxy) is 1. The average molecular weight is 245 g/mol. The van der Waals surface area contributed by atoms with Crippen molar-refractivity contribution in [2.24, 2.45) is 0 Å².